The number of rotatable bonds is 10. The van der Waals surface area contributed by atoms with Gasteiger partial charge in [-0.3, -0.25) is 24.8 Å². The van der Waals surface area contributed by atoms with Crippen LogP contribution >= 0.6 is 0 Å². The van der Waals surface area contributed by atoms with Crippen molar-refractivity contribution in [3.63, 3.8) is 0 Å². The van der Waals surface area contributed by atoms with E-state index in [9.17, 15) is 9.18 Å². The molecule has 11 nitrogen and oxygen atoms in total. The first-order valence-corrected chi connectivity index (χ1v) is 14.2. The third-order valence-electron chi connectivity index (χ3n) is 6.86. The van der Waals surface area contributed by atoms with Crippen LogP contribution in [0.3, 0.4) is 0 Å². The van der Waals surface area contributed by atoms with Crippen molar-refractivity contribution in [3.05, 3.63) is 72.6 Å². The Morgan fingerprint density at radius 1 is 1.07 bits per heavy atom. The first-order chi connectivity index (χ1) is 21.2. The van der Waals surface area contributed by atoms with Crippen molar-refractivity contribution in [1.29, 1.82) is 0 Å². The molecule has 5 aromatic heterocycles. The van der Waals surface area contributed by atoms with Crippen LogP contribution in [0.15, 0.2) is 61.2 Å². The minimum atomic E-state index is -0.355. The van der Waals surface area contributed by atoms with Gasteiger partial charge in [0.1, 0.15) is 11.5 Å². The second-order valence-electron chi connectivity index (χ2n) is 11.3. The second kappa shape index (κ2) is 12.3. The fraction of sp³-hybridized carbons (Fsp3) is 0.250. The standard InChI is InChI=1S/C32H32FN9O2/c1-18(2)7-28(43)37-23-11-21(13-34-14-23)26-12-25-27(15-36-26)40-41-30(25)32-38-29-24(5-6-35-31(29)39-32)20-8-19(9-22(33)10-20)16-44-17-42(3)4/h5-6,8-15,18H,7,16-17H2,1-4H3,(H,37,43)(H,40,41)(H,35,38,39). The van der Waals surface area contributed by atoms with Gasteiger partial charge in [0.25, 0.3) is 0 Å². The molecule has 0 aliphatic heterocycles. The molecule has 3 N–H and O–H groups in total. The van der Waals surface area contributed by atoms with E-state index in [-0.39, 0.29) is 24.2 Å². The van der Waals surface area contributed by atoms with Crippen LogP contribution in [0, 0.1) is 11.7 Å². The maximum atomic E-state index is 14.7. The summed E-state index contributed by atoms with van der Waals surface area (Å²) in [6.45, 7) is 4.71. The van der Waals surface area contributed by atoms with E-state index < -0.39 is 0 Å². The fourth-order valence-electron chi connectivity index (χ4n) is 4.99. The van der Waals surface area contributed by atoms with E-state index in [1.807, 2.05) is 57.1 Å². The molecule has 1 amide bonds. The Balaban J connectivity index is 1.33. The lowest BCUT2D eigenvalue weighted by molar-refractivity contribution is -0.116. The monoisotopic (exact) mass is 593 g/mol. The molecule has 0 saturated carbocycles. The molecule has 0 aliphatic carbocycles. The van der Waals surface area contributed by atoms with E-state index in [1.165, 1.54) is 12.1 Å². The summed E-state index contributed by atoms with van der Waals surface area (Å²) in [6, 6.07) is 10.4. The van der Waals surface area contributed by atoms with Gasteiger partial charge in [0.2, 0.25) is 5.91 Å². The van der Waals surface area contributed by atoms with Gasteiger partial charge in [0.15, 0.2) is 11.5 Å². The minimum Gasteiger partial charge on any atom is -0.361 e. The quantitative estimate of drug-likeness (QED) is 0.170. The molecule has 0 fully saturated rings. The van der Waals surface area contributed by atoms with Crippen molar-refractivity contribution in [3.8, 4) is 33.9 Å². The smallest absolute Gasteiger partial charge is 0.224 e. The number of anilines is 1. The molecule has 0 radical (unpaired) electrons. The number of nitrogens with zero attached hydrogens (tertiary/aromatic N) is 6. The van der Waals surface area contributed by atoms with E-state index in [0.29, 0.717) is 52.8 Å². The minimum absolute atomic E-state index is 0.0653. The number of amides is 1. The zero-order valence-corrected chi connectivity index (χ0v) is 24.8. The Morgan fingerprint density at radius 3 is 2.75 bits per heavy atom. The number of imidazole rings is 1. The summed E-state index contributed by atoms with van der Waals surface area (Å²) in [4.78, 5) is 35.6. The number of fused-ring (bicyclic) bond motifs is 2. The highest BCUT2D eigenvalue weighted by Crippen LogP contribution is 2.33. The van der Waals surface area contributed by atoms with Gasteiger partial charge in [-0.2, -0.15) is 5.10 Å². The van der Waals surface area contributed by atoms with Gasteiger partial charge in [0.05, 0.1) is 48.1 Å². The van der Waals surface area contributed by atoms with Crippen molar-refractivity contribution in [2.24, 2.45) is 5.92 Å². The Labute approximate surface area is 252 Å². The molecular formula is C32H32FN9O2. The predicted octanol–water partition coefficient (Wildman–Crippen LogP) is 5.78. The number of halogens is 1. The molecular weight excluding hydrogens is 561 g/mol. The molecule has 0 aliphatic rings. The maximum Gasteiger partial charge on any atom is 0.224 e. The number of carbonyl (C=O) groups is 1. The highest BCUT2D eigenvalue weighted by Gasteiger charge is 2.18. The number of carbonyl (C=O) groups excluding carboxylic acids is 1. The van der Waals surface area contributed by atoms with Crippen LogP contribution in [-0.2, 0) is 16.1 Å². The Morgan fingerprint density at radius 2 is 1.93 bits per heavy atom. The average Bonchev–Trinajstić information content (AvgIpc) is 3.60. The van der Waals surface area contributed by atoms with Crippen molar-refractivity contribution >= 4 is 33.7 Å². The zero-order chi connectivity index (χ0) is 30.8. The van der Waals surface area contributed by atoms with Crippen molar-refractivity contribution in [2.45, 2.75) is 26.9 Å². The van der Waals surface area contributed by atoms with Crippen molar-refractivity contribution in [2.75, 3.05) is 26.1 Å². The molecule has 6 aromatic rings. The number of H-pyrrole nitrogens is 2. The van der Waals surface area contributed by atoms with Crippen LogP contribution in [0.25, 0.3) is 56.0 Å². The SMILES string of the molecule is CC(C)CC(=O)Nc1cncc(-c2cc3c(-c4nc5nccc(-c6cc(F)cc(COCN(C)C)c6)c5[nH]4)n[nH]c3cn2)c1. The summed E-state index contributed by atoms with van der Waals surface area (Å²) in [5, 5.41) is 11.2. The predicted molar refractivity (Wildman–Crippen MR) is 167 cm³/mol. The third-order valence-corrected chi connectivity index (χ3v) is 6.86. The summed E-state index contributed by atoms with van der Waals surface area (Å²) < 4.78 is 20.3. The van der Waals surface area contributed by atoms with E-state index in [2.05, 4.69) is 35.5 Å². The van der Waals surface area contributed by atoms with Crippen LogP contribution in [0.4, 0.5) is 10.1 Å². The van der Waals surface area contributed by atoms with E-state index in [0.717, 1.165) is 27.6 Å². The van der Waals surface area contributed by atoms with E-state index in [1.54, 1.807) is 24.8 Å². The summed E-state index contributed by atoms with van der Waals surface area (Å²) in [5.74, 6) is 0.330. The highest BCUT2D eigenvalue weighted by atomic mass is 19.1. The van der Waals surface area contributed by atoms with E-state index in [4.69, 9.17) is 9.72 Å². The number of hydrogen-bond acceptors (Lipinski definition) is 8. The fourth-order valence-corrected chi connectivity index (χ4v) is 4.99. The Hall–Kier alpha value is -5.07. The summed E-state index contributed by atoms with van der Waals surface area (Å²) >= 11 is 0. The number of aromatic nitrogens is 7. The van der Waals surface area contributed by atoms with Gasteiger partial charge in [-0.1, -0.05) is 13.8 Å². The number of pyridine rings is 3. The Bertz CT molecular complexity index is 1960. The molecule has 5 heterocycles. The molecule has 224 valence electrons. The van der Waals surface area contributed by atoms with Crippen LogP contribution in [0.5, 0.6) is 0 Å². The molecule has 44 heavy (non-hydrogen) atoms. The molecule has 6 rings (SSSR count). The number of ether oxygens (including phenoxy) is 1. The van der Waals surface area contributed by atoms with Gasteiger partial charge in [-0.25, -0.2) is 14.4 Å². The van der Waals surface area contributed by atoms with Crippen molar-refractivity contribution < 1.29 is 13.9 Å². The topological polar surface area (TPSA) is 138 Å². The van der Waals surface area contributed by atoms with Gasteiger partial charge in [-0.15, -0.1) is 0 Å². The number of hydrogen-bond donors (Lipinski definition) is 3. The lowest BCUT2D eigenvalue weighted by atomic mass is 10.0. The normalized spacial score (nSPS) is 11.7. The molecule has 0 bridgehead atoms. The van der Waals surface area contributed by atoms with E-state index >= 15 is 0 Å². The third kappa shape index (κ3) is 6.31. The molecule has 0 spiro atoms. The van der Waals surface area contributed by atoms with Crippen LogP contribution in [0.2, 0.25) is 0 Å². The lowest BCUT2D eigenvalue weighted by Crippen LogP contribution is -2.15. The molecule has 0 unspecified atom stereocenters. The molecule has 1 aromatic carbocycles. The maximum absolute atomic E-state index is 14.7. The lowest BCUT2D eigenvalue weighted by Gasteiger charge is -2.11. The highest BCUT2D eigenvalue weighted by molar-refractivity contribution is 5.97. The molecule has 12 heteroatoms. The average molecular weight is 594 g/mol. The van der Waals surface area contributed by atoms with Crippen molar-refractivity contribution in [1.82, 2.24) is 40.0 Å². The molecule has 0 saturated heterocycles. The first kappa shape index (κ1) is 29.0. The largest absolute Gasteiger partial charge is 0.361 e. The van der Waals surface area contributed by atoms with Gasteiger partial charge < -0.3 is 15.0 Å². The van der Waals surface area contributed by atoms with Crippen LogP contribution < -0.4 is 5.32 Å². The number of nitrogens with one attached hydrogen (secondary N) is 3. The first-order valence-electron chi connectivity index (χ1n) is 14.2. The molecule has 0 atom stereocenters. The second-order valence-corrected chi connectivity index (χ2v) is 11.3. The number of aromatic amines is 2. The summed E-state index contributed by atoms with van der Waals surface area (Å²) in [7, 11) is 3.82. The van der Waals surface area contributed by atoms with Crippen LogP contribution in [0.1, 0.15) is 25.8 Å². The number of benzene rings is 1. The van der Waals surface area contributed by atoms with Gasteiger partial charge in [-0.05, 0) is 67.5 Å². The van der Waals surface area contributed by atoms with Gasteiger partial charge >= 0.3 is 0 Å². The van der Waals surface area contributed by atoms with Gasteiger partial charge in [0, 0.05) is 35.3 Å². The zero-order valence-electron chi connectivity index (χ0n) is 24.8. The Kier molecular flexibility index (Phi) is 8.09. The van der Waals surface area contributed by atoms with Crippen LogP contribution in [-0.4, -0.2) is 66.8 Å². The summed E-state index contributed by atoms with van der Waals surface area (Å²) in [6.07, 6.45) is 7.08. The summed E-state index contributed by atoms with van der Waals surface area (Å²) in [5.41, 5.74) is 6.61.